The molecule has 2 aliphatic carbocycles. The zero-order valence-corrected chi connectivity index (χ0v) is 13.7. The molecule has 2 nitrogen and oxygen atoms in total. The number of unbranched alkanes of at least 4 members (excludes halogenated alkanes) is 1. The van der Waals surface area contributed by atoms with Gasteiger partial charge >= 0.3 is 0 Å². The van der Waals surface area contributed by atoms with Gasteiger partial charge in [-0.3, -0.25) is 0 Å². The van der Waals surface area contributed by atoms with Gasteiger partial charge in [0.2, 0.25) is 0 Å². The van der Waals surface area contributed by atoms with Crippen molar-refractivity contribution in [3.63, 3.8) is 0 Å². The minimum Gasteiger partial charge on any atom is -0.375 e. The van der Waals surface area contributed by atoms with Crippen molar-refractivity contribution in [3.05, 3.63) is 0 Å². The SMILES string of the molecule is CC1(OCCCCOC2(C)CCCCC2)CCCCC1. The summed E-state index contributed by atoms with van der Waals surface area (Å²) in [6.45, 7) is 6.42. The molecule has 0 N–H and O–H groups in total. The van der Waals surface area contributed by atoms with E-state index in [9.17, 15) is 0 Å². The molecule has 0 bridgehead atoms. The van der Waals surface area contributed by atoms with Gasteiger partial charge in [0, 0.05) is 13.2 Å². The van der Waals surface area contributed by atoms with Crippen LogP contribution in [0.3, 0.4) is 0 Å². The van der Waals surface area contributed by atoms with Gasteiger partial charge in [-0.25, -0.2) is 0 Å². The Bertz CT molecular complexity index is 235. The van der Waals surface area contributed by atoms with Gasteiger partial charge in [-0.15, -0.1) is 0 Å². The van der Waals surface area contributed by atoms with E-state index in [1.165, 1.54) is 64.2 Å². The van der Waals surface area contributed by atoms with E-state index in [4.69, 9.17) is 9.47 Å². The second kappa shape index (κ2) is 7.79. The average Bonchev–Trinajstić information content (AvgIpc) is 2.44. The first-order chi connectivity index (χ1) is 9.62. The minimum atomic E-state index is 0.175. The summed E-state index contributed by atoms with van der Waals surface area (Å²) in [6.07, 6.45) is 15.5. The highest BCUT2D eigenvalue weighted by Gasteiger charge is 2.28. The molecule has 0 unspecified atom stereocenters. The lowest BCUT2D eigenvalue weighted by molar-refractivity contribution is -0.0718. The van der Waals surface area contributed by atoms with Crippen molar-refractivity contribution in [2.75, 3.05) is 13.2 Å². The standard InChI is InChI=1S/C18H34O2/c1-17(11-5-3-6-12-17)19-15-9-10-16-20-18(2)13-7-4-8-14-18/h3-16H2,1-2H3. The number of hydrogen-bond acceptors (Lipinski definition) is 2. The highest BCUT2D eigenvalue weighted by molar-refractivity contribution is 4.80. The van der Waals surface area contributed by atoms with Gasteiger partial charge in [0.1, 0.15) is 0 Å². The molecule has 0 spiro atoms. The van der Waals surface area contributed by atoms with E-state index in [1.54, 1.807) is 0 Å². The minimum absolute atomic E-state index is 0.175. The van der Waals surface area contributed by atoms with Crippen molar-refractivity contribution in [1.29, 1.82) is 0 Å². The summed E-state index contributed by atoms with van der Waals surface area (Å²) >= 11 is 0. The van der Waals surface area contributed by atoms with Crippen LogP contribution in [-0.4, -0.2) is 24.4 Å². The third-order valence-corrected chi connectivity index (χ3v) is 5.26. The van der Waals surface area contributed by atoms with Crippen LogP contribution < -0.4 is 0 Å². The Hall–Kier alpha value is -0.0800. The molecule has 0 saturated heterocycles. The maximum Gasteiger partial charge on any atom is 0.0654 e. The fourth-order valence-electron chi connectivity index (χ4n) is 3.73. The van der Waals surface area contributed by atoms with Crippen LogP contribution in [0.1, 0.15) is 90.9 Å². The lowest BCUT2D eigenvalue weighted by Crippen LogP contribution is -2.32. The first-order valence-corrected chi connectivity index (χ1v) is 8.90. The molecule has 2 heteroatoms. The van der Waals surface area contributed by atoms with Crippen molar-refractivity contribution in [3.8, 4) is 0 Å². The lowest BCUT2D eigenvalue weighted by atomic mass is 9.86. The smallest absolute Gasteiger partial charge is 0.0654 e. The van der Waals surface area contributed by atoms with E-state index < -0.39 is 0 Å². The van der Waals surface area contributed by atoms with E-state index in [0.29, 0.717) is 0 Å². The van der Waals surface area contributed by atoms with E-state index >= 15 is 0 Å². The zero-order valence-electron chi connectivity index (χ0n) is 13.7. The Balaban J connectivity index is 1.51. The monoisotopic (exact) mass is 282 g/mol. The fraction of sp³-hybridized carbons (Fsp3) is 1.00. The Morgan fingerprint density at radius 3 is 1.30 bits per heavy atom. The molecule has 0 aliphatic heterocycles. The number of hydrogen-bond donors (Lipinski definition) is 0. The van der Waals surface area contributed by atoms with E-state index in [2.05, 4.69) is 13.8 Å². The molecule has 2 aliphatic rings. The predicted octanol–water partition coefficient (Wildman–Crippen LogP) is 5.25. The Kier molecular flexibility index (Phi) is 6.35. The summed E-state index contributed by atoms with van der Waals surface area (Å²) in [4.78, 5) is 0. The number of rotatable bonds is 7. The van der Waals surface area contributed by atoms with Gasteiger partial charge in [0.25, 0.3) is 0 Å². The molecule has 20 heavy (non-hydrogen) atoms. The van der Waals surface area contributed by atoms with E-state index in [0.717, 1.165) is 26.1 Å². The topological polar surface area (TPSA) is 18.5 Å². The van der Waals surface area contributed by atoms with Gasteiger partial charge in [0.15, 0.2) is 0 Å². The molecule has 0 atom stereocenters. The molecule has 118 valence electrons. The average molecular weight is 282 g/mol. The molecule has 2 fully saturated rings. The van der Waals surface area contributed by atoms with Crippen LogP contribution in [0.2, 0.25) is 0 Å². The first kappa shape index (κ1) is 16.3. The second-order valence-corrected chi connectivity index (χ2v) is 7.43. The van der Waals surface area contributed by atoms with Gasteiger partial charge in [0.05, 0.1) is 11.2 Å². The van der Waals surface area contributed by atoms with Crippen LogP contribution in [0.25, 0.3) is 0 Å². The maximum absolute atomic E-state index is 6.13. The summed E-state index contributed by atoms with van der Waals surface area (Å²) in [5, 5.41) is 0. The summed E-state index contributed by atoms with van der Waals surface area (Å²) in [7, 11) is 0. The molecular formula is C18H34O2. The Morgan fingerprint density at radius 2 is 0.950 bits per heavy atom. The Labute approximate surface area is 125 Å². The summed E-state index contributed by atoms with van der Waals surface area (Å²) < 4.78 is 12.3. The number of ether oxygens (including phenoxy) is 2. The van der Waals surface area contributed by atoms with Crippen molar-refractivity contribution in [2.24, 2.45) is 0 Å². The van der Waals surface area contributed by atoms with Crippen LogP contribution in [0.15, 0.2) is 0 Å². The van der Waals surface area contributed by atoms with Crippen LogP contribution in [0, 0.1) is 0 Å². The molecular weight excluding hydrogens is 248 g/mol. The third kappa shape index (κ3) is 5.37. The quantitative estimate of drug-likeness (QED) is 0.594. The normalized spacial score (nSPS) is 25.5. The van der Waals surface area contributed by atoms with Gasteiger partial charge < -0.3 is 9.47 Å². The lowest BCUT2D eigenvalue weighted by Gasteiger charge is -2.34. The fourth-order valence-corrected chi connectivity index (χ4v) is 3.73. The van der Waals surface area contributed by atoms with Crippen LogP contribution in [-0.2, 0) is 9.47 Å². The molecule has 0 aromatic carbocycles. The molecule has 2 rings (SSSR count). The van der Waals surface area contributed by atoms with Crippen molar-refractivity contribution < 1.29 is 9.47 Å². The zero-order chi connectivity index (χ0) is 14.3. The van der Waals surface area contributed by atoms with Crippen LogP contribution >= 0.6 is 0 Å². The molecule has 0 aromatic rings. The summed E-state index contributed by atoms with van der Waals surface area (Å²) in [5.41, 5.74) is 0.350. The van der Waals surface area contributed by atoms with Gasteiger partial charge in [-0.05, 0) is 52.4 Å². The molecule has 0 radical (unpaired) electrons. The second-order valence-electron chi connectivity index (χ2n) is 7.43. The van der Waals surface area contributed by atoms with Crippen molar-refractivity contribution in [2.45, 2.75) is 102 Å². The summed E-state index contributed by atoms with van der Waals surface area (Å²) in [6, 6.07) is 0. The van der Waals surface area contributed by atoms with Crippen LogP contribution in [0.4, 0.5) is 0 Å². The third-order valence-electron chi connectivity index (χ3n) is 5.26. The molecule has 2 saturated carbocycles. The highest BCUT2D eigenvalue weighted by Crippen LogP contribution is 2.32. The van der Waals surface area contributed by atoms with Gasteiger partial charge in [-0.2, -0.15) is 0 Å². The van der Waals surface area contributed by atoms with E-state index in [-0.39, 0.29) is 11.2 Å². The maximum atomic E-state index is 6.13. The van der Waals surface area contributed by atoms with Crippen molar-refractivity contribution >= 4 is 0 Å². The molecule has 0 aromatic heterocycles. The summed E-state index contributed by atoms with van der Waals surface area (Å²) in [5.74, 6) is 0. The largest absolute Gasteiger partial charge is 0.375 e. The molecule has 0 amide bonds. The predicted molar refractivity (Wildman–Crippen MR) is 84.1 cm³/mol. The highest BCUT2D eigenvalue weighted by atomic mass is 16.5. The van der Waals surface area contributed by atoms with E-state index in [1.807, 2.05) is 0 Å². The first-order valence-electron chi connectivity index (χ1n) is 8.90. The molecule has 0 heterocycles. The van der Waals surface area contributed by atoms with Crippen LogP contribution in [0.5, 0.6) is 0 Å². The Morgan fingerprint density at radius 1 is 0.600 bits per heavy atom. The van der Waals surface area contributed by atoms with Gasteiger partial charge in [-0.1, -0.05) is 38.5 Å². The van der Waals surface area contributed by atoms with Crippen molar-refractivity contribution in [1.82, 2.24) is 0 Å².